The predicted octanol–water partition coefficient (Wildman–Crippen LogP) is 0.556. The molecule has 0 bridgehead atoms. The van der Waals surface area contributed by atoms with Gasteiger partial charge in [0.25, 0.3) is 0 Å². The molecule has 4 nitrogen and oxygen atoms in total. The van der Waals surface area contributed by atoms with Gasteiger partial charge in [0.1, 0.15) is 5.84 Å². The number of hydrazine groups is 1. The summed E-state index contributed by atoms with van der Waals surface area (Å²) in [6, 6.07) is 6.11. The minimum Gasteiger partial charge on any atom is -0.372 e. The molecule has 1 aromatic rings. The van der Waals surface area contributed by atoms with E-state index in [0.717, 1.165) is 5.56 Å². The second-order valence-electron chi connectivity index (χ2n) is 3.19. The van der Waals surface area contributed by atoms with Gasteiger partial charge in [-0.3, -0.25) is 4.99 Å². The van der Waals surface area contributed by atoms with Gasteiger partial charge in [-0.15, -0.1) is 0 Å². The molecule has 1 aliphatic heterocycles. The molecule has 4 heteroatoms. The van der Waals surface area contributed by atoms with Crippen LogP contribution in [0, 0.1) is 0 Å². The average molecular weight is 191 g/mol. The van der Waals surface area contributed by atoms with E-state index in [1.807, 2.05) is 6.07 Å². The molecule has 0 saturated heterocycles. The molecule has 0 unspecified atom stereocenters. The van der Waals surface area contributed by atoms with Crippen molar-refractivity contribution in [1.29, 1.82) is 0 Å². The zero-order valence-corrected chi connectivity index (χ0v) is 8.08. The van der Waals surface area contributed by atoms with Gasteiger partial charge in [0, 0.05) is 12.6 Å². The second-order valence-corrected chi connectivity index (χ2v) is 3.19. The first-order valence-electron chi connectivity index (χ1n) is 4.48. The molecule has 0 amide bonds. The average Bonchev–Trinajstić information content (AvgIpc) is 2.66. The normalized spacial score (nSPS) is 15.4. The number of ether oxygens (including phenoxy) is 1. The number of nitrogens with two attached hydrogens (primary N) is 1. The summed E-state index contributed by atoms with van der Waals surface area (Å²) in [5, 5.41) is 0. The molecule has 0 fully saturated rings. The Kier molecular flexibility index (Phi) is 2.47. The molecule has 0 aliphatic carbocycles. The van der Waals surface area contributed by atoms with Crippen LogP contribution in [-0.4, -0.2) is 12.9 Å². The standard InChI is InChI=1S/C10H13N3O/c1-12-10(13-11)7-2-3-8-5-14-6-9(8)4-7/h2-4H,5-6,11H2,1H3,(H,12,13). The highest BCUT2D eigenvalue weighted by atomic mass is 16.5. The topological polar surface area (TPSA) is 59.6 Å². The predicted molar refractivity (Wildman–Crippen MR) is 54.7 cm³/mol. The van der Waals surface area contributed by atoms with Crippen LogP contribution in [0.5, 0.6) is 0 Å². The van der Waals surface area contributed by atoms with E-state index in [1.54, 1.807) is 7.05 Å². The Hall–Kier alpha value is -1.39. The monoisotopic (exact) mass is 191 g/mol. The minimum absolute atomic E-state index is 0.685. The van der Waals surface area contributed by atoms with E-state index in [-0.39, 0.29) is 0 Å². The van der Waals surface area contributed by atoms with Crippen LogP contribution in [0.3, 0.4) is 0 Å². The maximum absolute atomic E-state index is 5.35. The van der Waals surface area contributed by atoms with Gasteiger partial charge in [-0.25, -0.2) is 5.84 Å². The van der Waals surface area contributed by atoms with Crippen molar-refractivity contribution in [3.8, 4) is 0 Å². The number of rotatable bonds is 1. The van der Waals surface area contributed by atoms with Gasteiger partial charge in [-0.2, -0.15) is 0 Å². The van der Waals surface area contributed by atoms with Crippen LogP contribution in [0.1, 0.15) is 16.7 Å². The number of hydrogen-bond acceptors (Lipinski definition) is 3. The number of nitrogens with one attached hydrogen (secondary N) is 1. The highest BCUT2D eigenvalue weighted by molar-refractivity contribution is 5.98. The first kappa shape index (κ1) is 9.18. The number of aliphatic imine (C=N–C) groups is 1. The summed E-state index contributed by atoms with van der Waals surface area (Å²) < 4.78 is 5.33. The first-order valence-corrected chi connectivity index (χ1v) is 4.48. The van der Waals surface area contributed by atoms with Crippen LogP contribution in [0.25, 0.3) is 0 Å². The van der Waals surface area contributed by atoms with E-state index in [2.05, 4.69) is 22.6 Å². The van der Waals surface area contributed by atoms with Crippen LogP contribution in [-0.2, 0) is 18.0 Å². The van der Waals surface area contributed by atoms with Crippen LogP contribution in [0.4, 0.5) is 0 Å². The number of amidine groups is 1. The molecule has 1 heterocycles. The molecule has 0 atom stereocenters. The quantitative estimate of drug-likeness (QED) is 0.295. The Balaban J connectivity index is 2.37. The van der Waals surface area contributed by atoms with E-state index >= 15 is 0 Å². The van der Waals surface area contributed by atoms with Crippen LogP contribution in [0.2, 0.25) is 0 Å². The lowest BCUT2D eigenvalue weighted by molar-refractivity contribution is 0.134. The largest absolute Gasteiger partial charge is 0.372 e. The third-order valence-corrected chi connectivity index (χ3v) is 2.36. The van der Waals surface area contributed by atoms with Gasteiger partial charge in [0.05, 0.1) is 13.2 Å². The third-order valence-electron chi connectivity index (χ3n) is 2.36. The van der Waals surface area contributed by atoms with E-state index in [0.29, 0.717) is 19.0 Å². The molecule has 0 saturated carbocycles. The van der Waals surface area contributed by atoms with Gasteiger partial charge in [-0.1, -0.05) is 12.1 Å². The fourth-order valence-electron chi connectivity index (χ4n) is 1.60. The number of nitrogens with zero attached hydrogens (tertiary/aromatic N) is 1. The SMILES string of the molecule is CN=C(NN)c1ccc2c(c1)COC2. The molecule has 74 valence electrons. The number of benzene rings is 1. The van der Waals surface area contributed by atoms with Gasteiger partial charge in [0.2, 0.25) is 0 Å². The summed E-state index contributed by atoms with van der Waals surface area (Å²) >= 11 is 0. The summed E-state index contributed by atoms with van der Waals surface area (Å²) in [4.78, 5) is 4.04. The molecular formula is C10H13N3O. The fourth-order valence-corrected chi connectivity index (χ4v) is 1.60. The smallest absolute Gasteiger partial charge is 0.142 e. The van der Waals surface area contributed by atoms with Crippen molar-refractivity contribution in [2.24, 2.45) is 10.8 Å². The van der Waals surface area contributed by atoms with E-state index in [1.165, 1.54) is 11.1 Å². The van der Waals surface area contributed by atoms with Crippen LogP contribution >= 0.6 is 0 Å². The number of hydrogen-bond donors (Lipinski definition) is 2. The van der Waals surface area contributed by atoms with Crippen LogP contribution in [0.15, 0.2) is 23.2 Å². The molecule has 3 N–H and O–H groups in total. The van der Waals surface area contributed by atoms with Crippen molar-refractivity contribution in [3.05, 3.63) is 34.9 Å². The minimum atomic E-state index is 0.685. The zero-order chi connectivity index (χ0) is 9.97. The second kappa shape index (κ2) is 3.77. The van der Waals surface area contributed by atoms with E-state index < -0.39 is 0 Å². The van der Waals surface area contributed by atoms with Gasteiger partial charge in [0.15, 0.2) is 0 Å². The van der Waals surface area contributed by atoms with Crippen molar-refractivity contribution in [3.63, 3.8) is 0 Å². The van der Waals surface area contributed by atoms with E-state index in [4.69, 9.17) is 10.6 Å². The van der Waals surface area contributed by atoms with Crippen molar-refractivity contribution in [2.75, 3.05) is 7.05 Å². The lowest BCUT2D eigenvalue weighted by atomic mass is 10.1. The molecule has 1 aromatic carbocycles. The number of fused-ring (bicyclic) bond motifs is 1. The highest BCUT2D eigenvalue weighted by Gasteiger charge is 2.12. The zero-order valence-electron chi connectivity index (χ0n) is 8.08. The highest BCUT2D eigenvalue weighted by Crippen LogP contribution is 2.20. The Labute approximate surface area is 82.8 Å². The maximum atomic E-state index is 5.35. The van der Waals surface area contributed by atoms with Crippen molar-refractivity contribution >= 4 is 5.84 Å². The summed E-state index contributed by atoms with van der Waals surface area (Å²) in [7, 11) is 1.71. The molecule has 14 heavy (non-hydrogen) atoms. The molecular weight excluding hydrogens is 178 g/mol. The van der Waals surface area contributed by atoms with Crippen LogP contribution < -0.4 is 11.3 Å². The summed E-state index contributed by atoms with van der Waals surface area (Å²) in [5.74, 6) is 6.04. The first-order chi connectivity index (χ1) is 6.85. The lowest BCUT2D eigenvalue weighted by Crippen LogP contribution is -2.31. The molecule has 0 aromatic heterocycles. The molecule has 0 radical (unpaired) electrons. The Morgan fingerprint density at radius 3 is 2.93 bits per heavy atom. The Morgan fingerprint density at radius 2 is 2.21 bits per heavy atom. The maximum Gasteiger partial charge on any atom is 0.142 e. The Morgan fingerprint density at radius 1 is 1.43 bits per heavy atom. The summed E-state index contributed by atoms with van der Waals surface area (Å²) in [6.45, 7) is 1.40. The van der Waals surface area contributed by atoms with Gasteiger partial charge in [-0.05, 0) is 17.2 Å². The van der Waals surface area contributed by atoms with Crippen molar-refractivity contribution in [1.82, 2.24) is 5.43 Å². The molecule has 0 spiro atoms. The molecule has 1 aliphatic rings. The summed E-state index contributed by atoms with van der Waals surface area (Å²) in [6.07, 6.45) is 0. The fraction of sp³-hybridized carbons (Fsp3) is 0.300. The van der Waals surface area contributed by atoms with Gasteiger partial charge < -0.3 is 10.2 Å². The Bertz CT molecular complexity index is 374. The van der Waals surface area contributed by atoms with Crippen molar-refractivity contribution < 1.29 is 4.74 Å². The third kappa shape index (κ3) is 1.49. The summed E-state index contributed by atoms with van der Waals surface area (Å²) in [5.41, 5.74) is 6.04. The van der Waals surface area contributed by atoms with E-state index in [9.17, 15) is 0 Å². The molecule has 2 rings (SSSR count). The lowest BCUT2D eigenvalue weighted by Gasteiger charge is -2.05. The van der Waals surface area contributed by atoms with Gasteiger partial charge >= 0.3 is 0 Å². The van der Waals surface area contributed by atoms with Crippen molar-refractivity contribution in [2.45, 2.75) is 13.2 Å².